The van der Waals surface area contributed by atoms with Crippen molar-refractivity contribution < 1.29 is 14.0 Å². The second kappa shape index (κ2) is 9.83. The molecule has 2 heterocycles. The maximum atomic E-state index is 14.1. The number of nitrogens with one attached hydrogen (secondary N) is 1. The highest BCUT2D eigenvalue weighted by molar-refractivity contribution is 7.10. The molecular weight excluding hydrogens is 413 g/mol. The van der Waals surface area contributed by atoms with Crippen LogP contribution in [-0.2, 0) is 16.0 Å². The summed E-state index contributed by atoms with van der Waals surface area (Å²) in [7, 11) is 0. The van der Waals surface area contributed by atoms with Crippen molar-refractivity contribution in [3.63, 3.8) is 0 Å². The number of hydrogen-bond donors (Lipinski definition) is 1. The third-order valence-corrected chi connectivity index (χ3v) is 6.37. The lowest BCUT2D eigenvalue weighted by Gasteiger charge is -2.32. The monoisotopic (exact) mass is 437 g/mol. The second-order valence-corrected chi connectivity index (χ2v) is 8.71. The predicted molar refractivity (Wildman–Crippen MR) is 119 cm³/mol. The van der Waals surface area contributed by atoms with Gasteiger partial charge in [0.05, 0.1) is 6.42 Å². The molecule has 0 bridgehead atoms. The summed E-state index contributed by atoms with van der Waals surface area (Å²) in [6, 6.07) is 12.2. The maximum absolute atomic E-state index is 14.1. The summed E-state index contributed by atoms with van der Waals surface area (Å²) < 4.78 is 14.1. The molecule has 4 rings (SSSR count). The fraction of sp³-hybridized carbons (Fsp3) is 0.292. The van der Waals surface area contributed by atoms with E-state index in [0.29, 0.717) is 11.3 Å². The molecule has 1 aliphatic rings. The first kappa shape index (κ1) is 21.2. The van der Waals surface area contributed by atoms with E-state index in [1.807, 2.05) is 17.5 Å². The first-order valence-corrected chi connectivity index (χ1v) is 11.3. The van der Waals surface area contributed by atoms with E-state index in [4.69, 9.17) is 0 Å². The number of thiophene rings is 1. The third kappa shape index (κ3) is 5.17. The van der Waals surface area contributed by atoms with E-state index >= 15 is 0 Å². The number of pyridine rings is 1. The van der Waals surface area contributed by atoms with Crippen LogP contribution in [0.4, 0.5) is 10.1 Å². The van der Waals surface area contributed by atoms with Gasteiger partial charge in [0.25, 0.3) is 0 Å². The van der Waals surface area contributed by atoms with E-state index < -0.39 is 11.9 Å². The van der Waals surface area contributed by atoms with Gasteiger partial charge in [0, 0.05) is 29.0 Å². The summed E-state index contributed by atoms with van der Waals surface area (Å²) in [5.74, 6) is -0.991. The van der Waals surface area contributed by atoms with E-state index in [9.17, 15) is 14.0 Å². The molecule has 1 N–H and O–H groups in total. The molecule has 2 aromatic heterocycles. The van der Waals surface area contributed by atoms with Crippen molar-refractivity contribution in [3.05, 3.63) is 82.6 Å². The third-order valence-electron chi connectivity index (χ3n) is 5.49. The minimum atomic E-state index is -0.919. The van der Waals surface area contributed by atoms with Crippen LogP contribution >= 0.6 is 11.3 Å². The molecule has 2 amide bonds. The van der Waals surface area contributed by atoms with Gasteiger partial charge >= 0.3 is 0 Å². The topological polar surface area (TPSA) is 62.3 Å². The average Bonchev–Trinajstić information content (AvgIpc) is 3.46. The summed E-state index contributed by atoms with van der Waals surface area (Å²) in [5.41, 5.74) is 0.985. The predicted octanol–water partition coefficient (Wildman–Crippen LogP) is 4.66. The molecule has 0 aliphatic heterocycles. The Morgan fingerprint density at radius 1 is 1.13 bits per heavy atom. The van der Waals surface area contributed by atoms with Gasteiger partial charge in [0.1, 0.15) is 11.9 Å². The van der Waals surface area contributed by atoms with Crippen LogP contribution in [-0.4, -0.2) is 22.8 Å². The minimum absolute atomic E-state index is 0.0959. The Hall–Kier alpha value is -3.06. The first-order valence-electron chi connectivity index (χ1n) is 10.4. The molecule has 160 valence electrons. The zero-order valence-electron chi connectivity index (χ0n) is 17.0. The lowest BCUT2D eigenvalue weighted by atomic mass is 10.0. The molecule has 3 aromatic rings. The number of amides is 2. The Balaban J connectivity index is 1.74. The number of carbonyl (C=O) groups is 2. The van der Waals surface area contributed by atoms with Crippen LogP contribution < -0.4 is 10.2 Å². The normalized spacial score (nSPS) is 14.9. The van der Waals surface area contributed by atoms with Crippen LogP contribution in [0, 0.1) is 5.82 Å². The number of carbonyl (C=O) groups excluding carboxylic acids is 2. The number of aromatic nitrogens is 1. The molecule has 1 aromatic carbocycles. The molecule has 7 heteroatoms. The lowest BCUT2D eigenvalue weighted by molar-refractivity contribution is -0.127. The summed E-state index contributed by atoms with van der Waals surface area (Å²) in [6.07, 6.45) is 7.34. The standard InChI is InChI=1S/C24H24FN3O2S/c25-18-5-3-8-20(15-18)28(22(29)16-21-9-4-14-31-21)23(17-10-12-26-13-11-17)24(30)27-19-6-1-2-7-19/h3-5,8-15,19,23H,1-2,6-7,16H2,(H,27,30)/t23-/m0/s1. The SMILES string of the molecule is O=C(NC1CCCC1)[C@H](c1ccncc1)N(C(=O)Cc1cccs1)c1cccc(F)c1. The van der Waals surface area contributed by atoms with E-state index in [-0.39, 0.29) is 24.3 Å². The highest BCUT2D eigenvalue weighted by atomic mass is 32.1. The Labute approximate surface area is 184 Å². The van der Waals surface area contributed by atoms with Crippen LogP contribution in [0.15, 0.2) is 66.3 Å². The zero-order valence-corrected chi connectivity index (χ0v) is 17.9. The molecular formula is C24H24FN3O2S. The second-order valence-electron chi connectivity index (χ2n) is 7.67. The van der Waals surface area contributed by atoms with Gasteiger partial charge in [-0.3, -0.25) is 19.5 Å². The van der Waals surface area contributed by atoms with Crippen molar-refractivity contribution in [1.82, 2.24) is 10.3 Å². The maximum Gasteiger partial charge on any atom is 0.248 e. The van der Waals surface area contributed by atoms with Crippen LogP contribution in [0.3, 0.4) is 0 Å². The largest absolute Gasteiger partial charge is 0.351 e. The van der Waals surface area contributed by atoms with Gasteiger partial charge in [0.2, 0.25) is 11.8 Å². The zero-order chi connectivity index (χ0) is 21.6. The summed E-state index contributed by atoms with van der Waals surface area (Å²) in [5, 5.41) is 5.02. The average molecular weight is 438 g/mol. The smallest absolute Gasteiger partial charge is 0.248 e. The highest BCUT2D eigenvalue weighted by Gasteiger charge is 2.34. The van der Waals surface area contributed by atoms with E-state index in [1.165, 1.54) is 28.4 Å². The van der Waals surface area contributed by atoms with Gasteiger partial charge in [-0.1, -0.05) is 25.0 Å². The Morgan fingerprint density at radius 3 is 2.58 bits per heavy atom. The van der Waals surface area contributed by atoms with E-state index in [0.717, 1.165) is 30.6 Å². The van der Waals surface area contributed by atoms with Gasteiger partial charge in [-0.05, 0) is 60.2 Å². The summed E-state index contributed by atoms with van der Waals surface area (Å²) >= 11 is 1.48. The van der Waals surface area contributed by atoms with Gasteiger partial charge in [-0.25, -0.2) is 4.39 Å². The number of anilines is 1. The fourth-order valence-corrected chi connectivity index (χ4v) is 4.72. The quantitative estimate of drug-likeness (QED) is 0.585. The van der Waals surface area contributed by atoms with Crippen LogP contribution in [0.5, 0.6) is 0 Å². The molecule has 31 heavy (non-hydrogen) atoms. The van der Waals surface area contributed by atoms with Crippen LogP contribution in [0.25, 0.3) is 0 Å². The number of halogens is 1. The van der Waals surface area contributed by atoms with E-state index in [1.54, 1.807) is 36.7 Å². The number of rotatable bonds is 7. The van der Waals surface area contributed by atoms with Crippen molar-refractivity contribution in [2.24, 2.45) is 0 Å². The minimum Gasteiger partial charge on any atom is -0.351 e. The van der Waals surface area contributed by atoms with Crippen molar-refractivity contribution in [3.8, 4) is 0 Å². The van der Waals surface area contributed by atoms with Gasteiger partial charge in [-0.15, -0.1) is 11.3 Å². The van der Waals surface area contributed by atoms with Crippen molar-refractivity contribution in [2.75, 3.05) is 4.90 Å². The number of benzene rings is 1. The molecule has 1 atom stereocenters. The van der Waals surface area contributed by atoms with Gasteiger partial charge < -0.3 is 5.32 Å². The number of nitrogens with zero attached hydrogens (tertiary/aromatic N) is 2. The molecule has 0 unspecified atom stereocenters. The number of hydrogen-bond acceptors (Lipinski definition) is 4. The Kier molecular flexibility index (Phi) is 6.72. The molecule has 5 nitrogen and oxygen atoms in total. The van der Waals surface area contributed by atoms with Gasteiger partial charge in [0.15, 0.2) is 0 Å². The lowest BCUT2D eigenvalue weighted by Crippen LogP contribution is -2.46. The molecule has 0 radical (unpaired) electrons. The van der Waals surface area contributed by atoms with Crippen LogP contribution in [0.2, 0.25) is 0 Å². The summed E-state index contributed by atoms with van der Waals surface area (Å²) in [6.45, 7) is 0. The van der Waals surface area contributed by atoms with Crippen molar-refractivity contribution in [1.29, 1.82) is 0 Å². The van der Waals surface area contributed by atoms with Gasteiger partial charge in [-0.2, -0.15) is 0 Å². The fourth-order valence-electron chi connectivity index (χ4n) is 4.02. The highest BCUT2D eigenvalue weighted by Crippen LogP contribution is 2.30. The summed E-state index contributed by atoms with van der Waals surface area (Å²) in [4.78, 5) is 33.3. The molecule has 0 saturated heterocycles. The first-order chi connectivity index (χ1) is 15.1. The van der Waals surface area contributed by atoms with Crippen molar-refractivity contribution in [2.45, 2.75) is 44.2 Å². The molecule has 0 spiro atoms. The molecule has 1 saturated carbocycles. The van der Waals surface area contributed by atoms with Crippen LogP contribution in [0.1, 0.15) is 42.2 Å². The molecule has 1 aliphatic carbocycles. The van der Waals surface area contributed by atoms with E-state index in [2.05, 4.69) is 10.3 Å². The Morgan fingerprint density at radius 2 is 1.90 bits per heavy atom. The van der Waals surface area contributed by atoms with Crippen molar-refractivity contribution >= 4 is 28.8 Å². The Bertz CT molecular complexity index is 1020. The molecule has 1 fully saturated rings.